The molecule has 0 atom stereocenters. The second kappa shape index (κ2) is 12.9. The molecule has 272 valence electrons. The topological polar surface area (TPSA) is 32.8 Å². The third-order valence-corrected chi connectivity index (χ3v) is 11.6. The van der Waals surface area contributed by atoms with Crippen LogP contribution in [0.25, 0.3) is 76.2 Å². The Labute approximate surface area is 334 Å². The minimum Gasteiger partial charge on any atom is -0.456 e. The van der Waals surface area contributed by atoms with Gasteiger partial charge in [-0.2, -0.15) is 0 Å². The van der Waals surface area contributed by atoms with Crippen LogP contribution < -0.4 is 9.80 Å². The maximum Gasteiger partial charge on any atom is 0.135 e. The van der Waals surface area contributed by atoms with Gasteiger partial charge >= 0.3 is 0 Å². The summed E-state index contributed by atoms with van der Waals surface area (Å²) in [6.07, 6.45) is 0. The first-order valence-corrected chi connectivity index (χ1v) is 19.7. The van der Waals surface area contributed by atoms with Crippen LogP contribution in [0.1, 0.15) is 0 Å². The zero-order valence-electron chi connectivity index (χ0n) is 31.3. The fraction of sp³-hybridized carbons (Fsp3) is 0. The minimum absolute atomic E-state index is 0.867. The monoisotopic (exact) mass is 742 g/mol. The maximum atomic E-state index is 6.32. The van der Waals surface area contributed by atoms with Gasteiger partial charge in [-0.1, -0.05) is 121 Å². The molecule has 0 amide bonds. The third-order valence-electron chi connectivity index (χ3n) is 11.6. The molecule has 12 rings (SSSR count). The summed E-state index contributed by atoms with van der Waals surface area (Å²) in [4.78, 5) is 4.77. The van der Waals surface area contributed by atoms with E-state index in [9.17, 15) is 0 Å². The van der Waals surface area contributed by atoms with Crippen molar-refractivity contribution >= 4 is 110 Å². The molecule has 4 heteroatoms. The molecule has 0 saturated carbocycles. The highest BCUT2D eigenvalue weighted by Crippen LogP contribution is 2.48. The molecule has 0 fully saturated rings. The summed E-state index contributed by atoms with van der Waals surface area (Å²) in [7, 11) is 0. The Hall–Kier alpha value is -7.82. The highest BCUT2D eigenvalue weighted by molar-refractivity contribution is 6.21. The lowest BCUT2D eigenvalue weighted by atomic mass is 9.95. The lowest BCUT2D eigenvalue weighted by molar-refractivity contribution is 0.668. The van der Waals surface area contributed by atoms with Gasteiger partial charge in [0, 0.05) is 55.4 Å². The number of hydrogen-bond acceptors (Lipinski definition) is 4. The van der Waals surface area contributed by atoms with E-state index in [0.29, 0.717) is 0 Å². The largest absolute Gasteiger partial charge is 0.456 e. The van der Waals surface area contributed by atoms with Gasteiger partial charge in [-0.15, -0.1) is 0 Å². The summed E-state index contributed by atoms with van der Waals surface area (Å²) in [5, 5.41) is 11.6. The predicted octanol–water partition coefficient (Wildman–Crippen LogP) is 15.9. The summed E-state index contributed by atoms with van der Waals surface area (Å²) in [5.74, 6) is 0. The Bertz CT molecular complexity index is 3530. The Morgan fingerprint density at radius 1 is 0.241 bits per heavy atom. The van der Waals surface area contributed by atoms with Crippen LogP contribution in [0, 0.1) is 0 Å². The number of benzene rings is 10. The molecule has 0 radical (unpaired) electrons. The molecule has 10 aromatic carbocycles. The van der Waals surface area contributed by atoms with Crippen molar-refractivity contribution < 1.29 is 8.83 Å². The Morgan fingerprint density at radius 2 is 0.707 bits per heavy atom. The van der Waals surface area contributed by atoms with Crippen molar-refractivity contribution in [3.05, 3.63) is 206 Å². The number of para-hydroxylation sites is 4. The maximum absolute atomic E-state index is 6.32. The molecule has 0 aliphatic rings. The molecule has 0 saturated heterocycles. The summed E-state index contributed by atoms with van der Waals surface area (Å²) >= 11 is 0. The van der Waals surface area contributed by atoms with Gasteiger partial charge < -0.3 is 18.6 Å². The molecule has 4 nitrogen and oxygen atoms in total. The fourth-order valence-electron chi connectivity index (χ4n) is 8.95. The molecule has 2 heterocycles. The van der Waals surface area contributed by atoms with Crippen molar-refractivity contribution in [2.75, 3.05) is 9.80 Å². The smallest absolute Gasteiger partial charge is 0.135 e. The first kappa shape index (κ1) is 32.4. The summed E-state index contributed by atoms with van der Waals surface area (Å²) < 4.78 is 12.6. The van der Waals surface area contributed by atoms with Gasteiger partial charge in [-0.3, -0.25) is 0 Å². The number of rotatable bonds is 6. The molecule has 0 aliphatic carbocycles. The van der Waals surface area contributed by atoms with E-state index in [1.807, 2.05) is 24.3 Å². The van der Waals surface area contributed by atoms with Gasteiger partial charge in [-0.25, -0.2) is 0 Å². The van der Waals surface area contributed by atoms with E-state index in [1.54, 1.807) is 0 Å². The fourth-order valence-corrected chi connectivity index (χ4v) is 8.95. The van der Waals surface area contributed by atoms with E-state index < -0.39 is 0 Å². The van der Waals surface area contributed by atoms with Crippen LogP contribution in [0.15, 0.2) is 215 Å². The number of furan rings is 2. The normalized spacial score (nSPS) is 11.8. The van der Waals surface area contributed by atoms with E-state index in [2.05, 4.69) is 192 Å². The zero-order valence-corrected chi connectivity index (χ0v) is 31.3. The summed E-state index contributed by atoms with van der Waals surface area (Å²) in [6.45, 7) is 0. The molecular weight excluding hydrogens is 709 g/mol. The second-order valence-electron chi connectivity index (χ2n) is 14.9. The molecule has 2 aromatic heterocycles. The number of fused-ring (bicyclic) bond motifs is 11. The number of anilines is 6. The van der Waals surface area contributed by atoms with Crippen LogP contribution in [0.2, 0.25) is 0 Å². The molecule has 0 spiro atoms. The van der Waals surface area contributed by atoms with Crippen LogP contribution in [-0.4, -0.2) is 0 Å². The van der Waals surface area contributed by atoms with E-state index >= 15 is 0 Å². The summed E-state index contributed by atoms with van der Waals surface area (Å²) in [5.41, 5.74) is 9.81. The highest BCUT2D eigenvalue weighted by Gasteiger charge is 2.23. The van der Waals surface area contributed by atoms with Gasteiger partial charge in [0.15, 0.2) is 0 Å². The van der Waals surface area contributed by atoms with Crippen molar-refractivity contribution in [2.24, 2.45) is 0 Å². The van der Waals surface area contributed by atoms with Gasteiger partial charge in [-0.05, 0) is 112 Å². The van der Waals surface area contributed by atoms with Crippen LogP contribution >= 0.6 is 0 Å². The first-order valence-electron chi connectivity index (χ1n) is 19.7. The van der Waals surface area contributed by atoms with Crippen molar-refractivity contribution in [2.45, 2.75) is 0 Å². The molecule has 0 N–H and O–H groups in total. The quantitative estimate of drug-likeness (QED) is 0.159. The number of hydrogen-bond donors (Lipinski definition) is 0. The van der Waals surface area contributed by atoms with Crippen LogP contribution in [0.4, 0.5) is 34.1 Å². The van der Waals surface area contributed by atoms with Crippen LogP contribution in [0.5, 0.6) is 0 Å². The van der Waals surface area contributed by atoms with Crippen molar-refractivity contribution in [3.8, 4) is 0 Å². The Balaban J connectivity index is 1.18. The number of nitrogens with zero attached hydrogens (tertiary/aromatic N) is 2. The first-order chi connectivity index (χ1) is 28.7. The van der Waals surface area contributed by atoms with E-state index in [4.69, 9.17) is 8.83 Å². The third kappa shape index (κ3) is 5.09. The second-order valence-corrected chi connectivity index (χ2v) is 14.9. The van der Waals surface area contributed by atoms with Crippen molar-refractivity contribution in [1.82, 2.24) is 0 Å². The minimum atomic E-state index is 0.867. The van der Waals surface area contributed by atoms with Gasteiger partial charge in [0.25, 0.3) is 0 Å². The summed E-state index contributed by atoms with van der Waals surface area (Å²) in [6, 6.07) is 73.6. The Morgan fingerprint density at radius 3 is 1.36 bits per heavy atom. The van der Waals surface area contributed by atoms with Crippen LogP contribution in [0.3, 0.4) is 0 Å². The predicted molar refractivity (Wildman–Crippen MR) is 243 cm³/mol. The van der Waals surface area contributed by atoms with Crippen molar-refractivity contribution in [1.29, 1.82) is 0 Å². The zero-order chi connectivity index (χ0) is 38.2. The molecule has 0 unspecified atom stereocenters. The lowest BCUT2D eigenvalue weighted by Crippen LogP contribution is -2.14. The molecular formula is C54H34N2O2. The average Bonchev–Trinajstić information content (AvgIpc) is 3.85. The van der Waals surface area contributed by atoms with Gasteiger partial charge in [0.1, 0.15) is 22.3 Å². The molecule has 0 bridgehead atoms. The lowest BCUT2D eigenvalue weighted by Gasteiger charge is -2.31. The molecule has 0 aliphatic heterocycles. The average molecular weight is 743 g/mol. The molecule has 58 heavy (non-hydrogen) atoms. The molecule has 12 aromatic rings. The SMILES string of the molecule is c1ccc(N(c2ccc3oc4ccccc4c3c2)c2cc(N(c3ccccc3)c3ccc4oc5ccccc5c4c3)c3ccc4c5ccccc5ccc4c3c2)cc1. The Kier molecular flexibility index (Phi) is 7.20. The van der Waals surface area contributed by atoms with Crippen molar-refractivity contribution in [3.63, 3.8) is 0 Å². The van der Waals surface area contributed by atoms with E-state index in [1.165, 1.54) is 26.9 Å². The van der Waals surface area contributed by atoms with Gasteiger partial charge in [0.05, 0.1) is 5.69 Å². The van der Waals surface area contributed by atoms with E-state index in [0.717, 1.165) is 83.4 Å². The highest BCUT2D eigenvalue weighted by atomic mass is 16.3. The van der Waals surface area contributed by atoms with Gasteiger partial charge in [0.2, 0.25) is 0 Å². The van der Waals surface area contributed by atoms with Crippen LogP contribution in [-0.2, 0) is 0 Å². The van der Waals surface area contributed by atoms with E-state index in [-0.39, 0.29) is 0 Å². The standard InChI is InChI=1S/C54H34N2O2/c1-3-14-36(15-4-1)55(38-24-29-53-48(31-38)45-19-9-11-21-51(45)57-53)40-33-47-43-26-23-35-13-7-8-18-41(35)42(43)27-28-44(47)50(34-40)56(37-16-5-2-6-17-37)39-25-30-54-49(32-39)46-20-10-12-22-52(46)58-54/h1-34H.